The molecule has 0 radical (unpaired) electrons. The van der Waals surface area contributed by atoms with Crippen molar-refractivity contribution in [1.82, 2.24) is 14.9 Å². The van der Waals surface area contributed by atoms with E-state index in [0.717, 1.165) is 11.4 Å². The minimum atomic E-state index is -3.42. The lowest BCUT2D eigenvalue weighted by Crippen LogP contribution is -2.66. The molecule has 9 nitrogen and oxygen atoms in total. The van der Waals surface area contributed by atoms with E-state index >= 15 is 0 Å². The number of benzene rings is 1. The molecule has 2 fully saturated rings. The van der Waals surface area contributed by atoms with Gasteiger partial charge in [-0.15, -0.1) is 0 Å². The van der Waals surface area contributed by atoms with Crippen molar-refractivity contribution in [2.24, 2.45) is 0 Å². The molecule has 196 valence electrons. The van der Waals surface area contributed by atoms with Crippen molar-refractivity contribution >= 4 is 33.1 Å². The van der Waals surface area contributed by atoms with Crippen LogP contribution in [0.3, 0.4) is 0 Å². The van der Waals surface area contributed by atoms with Crippen molar-refractivity contribution in [2.75, 3.05) is 35.2 Å². The number of sulfone groups is 1. The highest BCUT2D eigenvalue weighted by atomic mass is 32.2. The minimum absolute atomic E-state index is 0.00963. The normalized spacial score (nSPS) is 27.9. The van der Waals surface area contributed by atoms with Gasteiger partial charge < -0.3 is 14.7 Å². The van der Waals surface area contributed by atoms with Gasteiger partial charge in [-0.1, -0.05) is 13.8 Å². The summed E-state index contributed by atoms with van der Waals surface area (Å²) in [5.74, 6) is 0.609. The summed E-state index contributed by atoms with van der Waals surface area (Å²) in [6.45, 7) is 11.1. The van der Waals surface area contributed by atoms with Crippen LogP contribution >= 0.6 is 0 Å². The van der Waals surface area contributed by atoms with E-state index in [1.54, 1.807) is 17.9 Å². The number of nitrogens with zero attached hydrogens (tertiary/aromatic N) is 6. The third kappa shape index (κ3) is 3.76. The fourth-order valence-corrected chi connectivity index (χ4v) is 7.28. The van der Waals surface area contributed by atoms with Crippen molar-refractivity contribution < 1.29 is 17.6 Å². The number of nitriles is 1. The first kappa shape index (κ1) is 25.4. The maximum Gasteiger partial charge on any atom is 0.244 e. The van der Waals surface area contributed by atoms with Gasteiger partial charge in [0.2, 0.25) is 5.91 Å². The molecule has 0 aliphatic carbocycles. The number of anilines is 3. The lowest BCUT2D eigenvalue weighted by molar-refractivity contribution is -0.137. The number of carbonyl (C=O) groups excluding carboxylic acids is 1. The quantitative estimate of drug-likeness (QED) is 0.600. The Hall–Kier alpha value is -3.26. The second kappa shape index (κ2) is 8.38. The van der Waals surface area contributed by atoms with Gasteiger partial charge in [-0.25, -0.2) is 22.8 Å². The Morgan fingerprint density at radius 1 is 1.14 bits per heavy atom. The van der Waals surface area contributed by atoms with Crippen LogP contribution in [-0.2, 0) is 20.0 Å². The van der Waals surface area contributed by atoms with Crippen LogP contribution in [-0.4, -0.2) is 71.4 Å². The third-order valence-corrected chi connectivity index (χ3v) is 10.7. The summed E-state index contributed by atoms with van der Waals surface area (Å²) in [4.78, 5) is 28.4. The Bertz CT molecular complexity index is 1440. The Morgan fingerprint density at radius 2 is 1.84 bits per heavy atom. The highest BCUT2D eigenvalue weighted by Gasteiger charge is 2.57. The Balaban J connectivity index is 1.47. The molecule has 3 atom stereocenters. The highest BCUT2D eigenvalue weighted by Crippen LogP contribution is 2.47. The molecule has 0 N–H and O–H groups in total. The van der Waals surface area contributed by atoms with Gasteiger partial charge in [0.25, 0.3) is 0 Å². The zero-order chi connectivity index (χ0) is 26.9. The molecular formula is C26H31FN6O3S. The van der Waals surface area contributed by atoms with E-state index < -0.39 is 20.4 Å². The molecule has 1 aromatic carbocycles. The van der Waals surface area contributed by atoms with Crippen molar-refractivity contribution in [1.29, 1.82) is 5.26 Å². The van der Waals surface area contributed by atoms with Crippen LogP contribution in [0.25, 0.3) is 0 Å². The first-order valence-corrected chi connectivity index (χ1v) is 14.1. The summed E-state index contributed by atoms with van der Waals surface area (Å²) in [6.07, 6.45) is 1.86. The van der Waals surface area contributed by atoms with Crippen molar-refractivity contribution in [3.63, 3.8) is 0 Å². The number of halogens is 1. The topological polar surface area (TPSA) is 110 Å². The smallest absolute Gasteiger partial charge is 0.244 e. The molecule has 0 spiro atoms. The molecule has 11 heteroatoms. The number of piperazine rings is 1. The molecule has 37 heavy (non-hydrogen) atoms. The highest BCUT2D eigenvalue weighted by molar-refractivity contribution is 7.95. The molecule has 0 bridgehead atoms. The van der Waals surface area contributed by atoms with E-state index in [-0.39, 0.29) is 34.7 Å². The summed E-state index contributed by atoms with van der Waals surface area (Å²) in [5, 5.41) is 9.10. The van der Waals surface area contributed by atoms with Crippen LogP contribution in [0.1, 0.15) is 52.2 Å². The van der Waals surface area contributed by atoms with E-state index in [1.165, 1.54) is 18.5 Å². The Kier molecular flexibility index (Phi) is 5.75. The van der Waals surface area contributed by atoms with Gasteiger partial charge in [0.15, 0.2) is 9.84 Å². The molecule has 0 unspecified atom stereocenters. The standard InChI is InChI=1S/C26H31FN6O3S/c1-16-13-32(24(34)26(5)8-9-37(26,35)36)17(2)12-31(16)22-21-23(30-15-29-22)33(14-25(21,3)4)19-7-6-18(11-28)20(27)10-19/h6-7,10,15-17H,8-9,12-14H2,1-5H3/t16-,17+,26-/m0/s1. The SMILES string of the molecule is C[C@@H]1CN(c2ncnc3c2C(C)(C)CN3c2ccc(C#N)c(F)c2)[C@@H](C)CN1C(=O)[C@]1(C)CCS1(=O)=O. The summed E-state index contributed by atoms with van der Waals surface area (Å²) < 4.78 is 37.9. The number of aromatic nitrogens is 2. The lowest BCUT2D eigenvalue weighted by Gasteiger charge is -2.49. The van der Waals surface area contributed by atoms with Gasteiger partial charge in [0.1, 0.15) is 34.6 Å². The average molecular weight is 527 g/mol. The van der Waals surface area contributed by atoms with Crippen molar-refractivity contribution in [3.05, 3.63) is 41.5 Å². The third-order valence-electron chi connectivity index (χ3n) is 8.18. The van der Waals surface area contributed by atoms with E-state index in [9.17, 15) is 17.6 Å². The first-order valence-electron chi connectivity index (χ1n) is 12.4. The van der Waals surface area contributed by atoms with Gasteiger partial charge >= 0.3 is 0 Å². The van der Waals surface area contributed by atoms with Crippen LogP contribution in [0.2, 0.25) is 0 Å². The van der Waals surface area contributed by atoms with E-state index in [4.69, 9.17) is 5.26 Å². The summed E-state index contributed by atoms with van der Waals surface area (Å²) in [5.41, 5.74) is 1.18. The molecule has 2 saturated heterocycles. The van der Waals surface area contributed by atoms with Gasteiger partial charge in [-0.2, -0.15) is 5.26 Å². The molecule has 2 aromatic rings. The van der Waals surface area contributed by atoms with Crippen LogP contribution in [0.5, 0.6) is 0 Å². The van der Waals surface area contributed by atoms with Crippen LogP contribution in [0.4, 0.5) is 21.7 Å². The van der Waals surface area contributed by atoms with Gasteiger partial charge in [0.05, 0.1) is 11.3 Å². The number of hydrogen-bond acceptors (Lipinski definition) is 8. The van der Waals surface area contributed by atoms with E-state index in [2.05, 4.69) is 28.7 Å². The minimum Gasteiger partial charge on any atom is -0.350 e. The number of hydrogen-bond donors (Lipinski definition) is 0. The van der Waals surface area contributed by atoms with Crippen LogP contribution < -0.4 is 9.80 Å². The summed E-state index contributed by atoms with van der Waals surface area (Å²) in [6, 6.07) is 6.08. The summed E-state index contributed by atoms with van der Waals surface area (Å²) >= 11 is 0. The van der Waals surface area contributed by atoms with Gasteiger partial charge in [-0.3, -0.25) is 4.79 Å². The van der Waals surface area contributed by atoms with Crippen molar-refractivity contribution in [2.45, 2.75) is 63.3 Å². The maximum atomic E-state index is 14.4. The maximum absolute atomic E-state index is 14.4. The van der Waals surface area contributed by atoms with Crippen LogP contribution in [0.15, 0.2) is 24.5 Å². The Morgan fingerprint density at radius 3 is 2.43 bits per heavy atom. The fraction of sp³-hybridized carbons (Fsp3) is 0.538. The molecule has 5 rings (SSSR count). The lowest BCUT2D eigenvalue weighted by atomic mass is 9.87. The van der Waals surface area contributed by atoms with E-state index in [1.807, 2.05) is 24.8 Å². The van der Waals surface area contributed by atoms with Gasteiger partial charge in [0, 0.05) is 48.4 Å². The molecule has 3 aliphatic rings. The predicted octanol–water partition coefficient (Wildman–Crippen LogP) is 2.92. The number of amides is 1. The molecular weight excluding hydrogens is 495 g/mol. The molecule has 3 aliphatic heterocycles. The first-order chi connectivity index (χ1) is 17.3. The zero-order valence-electron chi connectivity index (χ0n) is 21.7. The Labute approximate surface area is 216 Å². The molecule has 0 saturated carbocycles. The summed E-state index contributed by atoms with van der Waals surface area (Å²) in [7, 11) is -3.42. The number of fused-ring (bicyclic) bond motifs is 1. The monoisotopic (exact) mass is 526 g/mol. The van der Waals surface area contributed by atoms with Crippen LogP contribution in [0, 0.1) is 17.1 Å². The molecule has 4 heterocycles. The predicted molar refractivity (Wildman–Crippen MR) is 138 cm³/mol. The average Bonchev–Trinajstić information content (AvgIpc) is 3.14. The molecule has 1 aromatic heterocycles. The molecule has 1 amide bonds. The van der Waals surface area contributed by atoms with Gasteiger partial charge in [-0.05, 0) is 45.4 Å². The largest absolute Gasteiger partial charge is 0.350 e. The van der Waals surface area contributed by atoms with E-state index in [0.29, 0.717) is 37.6 Å². The fourth-order valence-electron chi connectivity index (χ4n) is 5.74. The zero-order valence-corrected chi connectivity index (χ0v) is 22.5. The number of carbonyl (C=O) groups is 1. The second-order valence-corrected chi connectivity index (χ2v) is 13.8. The second-order valence-electron chi connectivity index (χ2n) is 11.2. The van der Waals surface area contributed by atoms with Crippen molar-refractivity contribution in [3.8, 4) is 6.07 Å². The number of rotatable bonds is 3.